The van der Waals surface area contributed by atoms with E-state index in [1.807, 2.05) is 0 Å². The maximum Gasteiger partial charge on any atom is 0.278 e. The van der Waals surface area contributed by atoms with Crippen LogP contribution in [0, 0.1) is 5.82 Å². The Hall–Kier alpha value is -1.74. The highest BCUT2D eigenvalue weighted by Crippen LogP contribution is 2.23. The summed E-state index contributed by atoms with van der Waals surface area (Å²) in [7, 11) is -0.689. The Labute approximate surface area is 167 Å². The number of thioether (sulfide) groups is 1. The maximum absolute atomic E-state index is 13.3. The number of rotatable bonds is 8. The molecule has 0 amide bonds. The van der Waals surface area contributed by atoms with E-state index in [2.05, 4.69) is 46.1 Å². The van der Waals surface area contributed by atoms with Crippen LogP contribution >= 0.6 is 27.7 Å². The van der Waals surface area contributed by atoms with Crippen LogP contribution in [-0.4, -0.2) is 60.5 Å². The minimum Gasteiger partial charge on any atom is -0.409 e. The molecule has 0 unspecified atom stereocenters. The van der Waals surface area contributed by atoms with E-state index in [1.54, 1.807) is 0 Å². The van der Waals surface area contributed by atoms with Gasteiger partial charge in [0, 0.05) is 32.1 Å². The van der Waals surface area contributed by atoms with Crippen LogP contribution in [0.2, 0.25) is 0 Å². The lowest BCUT2D eigenvalue weighted by molar-refractivity contribution is 0.297. The van der Waals surface area contributed by atoms with Crippen molar-refractivity contribution in [1.29, 1.82) is 0 Å². The van der Waals surface area contributed by atoms with Gasteiger partial charge in [0.2, 0.25) is 5.84 Å². The molecule has 2 rings (SSSR count). The van der Waals surface area contributed by atoms with Gasteiger partial charge >= 0.3 is 0 Å². The molecule has 27 heavy (non-hydrogen) atoms. The van der Waals surface area contributed by atoms with E-state index in [0.717, 1.165) is 16.1 Å². The molecule has 2 aromatic rings. The summed E-state index contributed by atoms with van der Waals surface area (Å²) in [5, 5.41) is 22.9. The molecule has 0 radical (unpaired) electrons. The second-order valence-electron chi connectivity index (χ2n) is 5.15. The van der Waals surface area contributed by atoms with Crippen LogP contribution in [0.4, 0.5) is 10.1 Å². The van der Waals surface area contributed by atoms with E-state index < -0.39 is 16.0 Å². The number of benzene rings is 1. The summed E-state index contributed by atoms with van der Waals surface area (Å²) in [6.07, 6.45) is 0. The first kappa shape index (κ1) is 21.6. The van der Waals surface area contributed by atoms with Gasteiger partial charge in [0.05, 0.1) is 4.47 Å². The highest BCUT2D eigenvalue weighted by atomic mass is 79.9. The van der Waals surface area contributed by atoms with Gasteiger partial charge in [-0.1, -0.05) is 16.9 Å². The highest BCUT2D eigenvalue weighted by Gasteiger charge is 2.19. The second kappa shape index (κ2) is 9.45. The molecule has 0 aliphatic rings. The van der Waals surface area contributed by atoms with Crippen LogP contribution in [0.1, 0.15) is 5.69 Å². The van der Waals surface area contributed by atoms with Gasteiger partial charge in [0.25, 0.3) is 10.2 Å². The third kappa shape index (κ3) is 5.87. The molecule has 0 aliphatic heterocycles. The first-order valence-electron chi connectivity index (χ1n) is 7.31. The van der Waals surface area contributed by atoms with Crippen LogP contribution in [0.25, 0.3) is 0 Å². The molecule has 10 nitrogen and oxygen atoms in total. The SMILES string of the molecule is CN(C)S(=O)(=O)NCCSc1nonc1/C(=N/O)Nc1ccc(F)c(Br)c1. The summed E-state index contributed by atoms with van der Waals surface area (Å²) >= 11 is 4.21. The van der Waals surface area contributed by atoms with Crippen molar-refractivity contribution in [1.82, 2.24) is 19.3 Å². The van der Waals surface area contributed by atoms with E-state index in [-0.39, 0.29) is 22.5 Å². The van der Waals surface area contributed by atoms with Gasteiger partial charge in [-0.25, -0.2) is 13.7 Å². The zero-order valence-corrected chi connectivity index (χ0v) is 17.4. The molecule has 14 heteroatoms. The van der Waals surface area contributed by atoms with Crippen LogP contribution in [0.15, 0.2) is 37.5 Å². The number of nitrogens with zero attached hydrogens (tertiary/aromatic N) is 4. The lowest BCUT2D eigenvalue weighted by Crippen LogP contribution is -2.36. The molecule has 0 saturated heterocycles. The quantitative estimate of drug-likeness (QED) is 0.129. The summed E-state index contributed by atoms with van der Waals surface area (Å²) in [5.41, 5.74) is 0.562. The molecule has 1 heterocycles. The normalized spacial score (nSPS) is 12.6. The fraction of sp³-hybridized carbons (Fsp3) is 0.308. The Morgan fingerprint density at radius 1 is 1.44 bits per heavy atom. The van der Waals surface area contributed by atoms with Crippen molar-refractivity contribution in [2.45, 2.75) is 5.03 Å². The molecular formula is C13H16BrFN6O4S2. The van der Waals surface area contributed by atoms with Gasteiger partial charge in [-0.15, -0.1) is 0 Å². The van der Waals surface area contributed by atoms with Crippen molar-refractivity contribution in [2.75, 3.05) is 31.7 Å². The van der Waals surface area contributed by atoms with Crippen molar-refractivity contribution >= 4 is 49.4 Å². The molecule has 3 N–H and O–H groups in total. The molecule has 1 aromatic heterocycles. The number of oxime groups is 1. The number of nitrogens with one attached hydrogen (secondary N) is 2. The van der Waals surface area contributed by atoms with E-state index in [9.17, 15) is 18.0 Å². The number of hydrogen-bond donors (Lipinski definition) is 3. The monoisotopic (exact) mass is 482 g/mol. The summed E-state index contributed by atoms with van der Waals surface area (Å²) < 4.78 is 44.9. The van der Waals surface area contributed by atoms with Gasteiger partial charge in [0.1, 0.15) is 5.82 Å². The zero-order chi connectivity index (χ0) is 20.0. The predicted molar refractivity (Wildman–Crippen MR) is 102 cm³/mol. The molecular weight excluding hydrogens is 467 g/mol. The number of aromatic nitrogens is 2. The maximum atomic E-state index is 13.3. The molecule has 1 aromatic carbocycles. The van der Waals surface area contributed by atoms with E-state index in [0.29, 0.717) is 16.5 Å². The molecule has 0 fully saturated rings. The minimum absolute atomic E-state index is 0.0638. The second-order valence-corrected chi connectivity index (χ2v) is 9.06. The van der Waals surface area contributed by atoms with Crippen molar-refractivity contribution in [3.05, 3.63) is 34.2 Å². The van der Waals surface area contributed by atoms with E-state index in [4.69, 9.17) is 0 Å². The molecule has 0 saturated carbocycles. The van der Waals surface area contributed by atoms with Crippen molar-refractivity contribution < 1.29 is 22.6 Å². The highest BCUT2D eigenvalue weighted by molar-refractivity contribution is 9.10. The molecule has 0 spiro atoms. The molecule has 0 aliphatic carbocycles. The Balaban J connectivity index is 2.02. The lowest BCUT2D eigenvalue weighted by atomic mass is 10.3. The van der Waals surface area contributed by atoms with Gasteiger partial charge in [0.15, 0.2) is 10.7 Å². The zero-order valence-electron chi connectivity index (χ0n) is 14.2. The molecule has 0 atom stereocenters. The number of hydrogen-bond acceptors (Lipinski definition) is 8. The standard InChI is InChI=1S/C13H16BrFN6O4S2/c1-21(2)27(23,24)16-5-6-26-13-11(19-25-20-13)12(18-22)17-8-3-4-10(15)9(14)7-8/h3-4,7,16,22H,5-6H2,1-2H3,(H,17,18). The Morgan fingerprint density at radius 2 is 2.19 bits per heavy atom. The average Bonchev–Trinajstić information content (AvgIpc) is 3.08. The largest absolute Gasteiger partial charge is 0.409 e. The number of amidine groups is 1. The smallest absolute Gasteiger partial charge is 0.278 e. The summed E-state index contributed by atoms with van der Waals surface area (Å²) in [5.74, 6) is -0.177. The third-order valence-electron chi connectivity index (χ3n) is 3.07. The third-order valence-corrected chi connectivity index (χ3v) is 6.16. The Bertz CT molecular complexity index is 921. The summed E-state index contributed by atoms with van der Waals surface area (Å²) in [6, 6.07) is 4.13. The Kier molecular flexibility index (Phi) is 7.55. The van der Waals surface area contributed by atoms with Gasteiger partial charge < -0.3 is 10.5 Å². The fourth-order valence-electron chi connectivity index (χ4n) is 1.71. The average molecular weight is 483 g/mol. The van der Waals surface area contributed by atoms with Crippen molar-refractivity contribution in [3.63, 3.8) is 0 Å². The first-order chi connectivity index (χ1) is 12.7. The number of halogens is 2. The summed E-state index contributed by atoms with van der Waals surface area (Å²) in [6.45, 7) is 0.140. The topological polar surface area (TPSA) is 133 Å². The van der Waals surface area contributed by atoms with Crippen LogP contribution < -0.4 is 10.0 Å². The van der Waals surface area contributed by atoms with Crippen molar-refractivity contribution in [2.24, 2.45) is 5.16 Å². The Morgan fingerprint density at radius 3 is 2.81 bits per heavy atom. The first-order valence-corrected chi connectivity index (χ1v) is 10.5. The minimum atomic E-state index is -3.52. The van der Waals surface area contributed by atoms with Crippen LogP contribution in [-0.2, 0) is 10.2 Å². The van der Waals surface area contributed by atoms with Crippen LogP contribution in [0.3, 0.4) is 0 Å². The van der Waals surface area contributed by atoms with E-state index in [1.165, 1.54) is 32.3 Å². The van der Waals surface area contributed by atoms with Gasteiger partial charge in [-0.2, -0.15) is 12.7 Å². The summed E-state index contributed by atoms with van der Waals surface area (Å²) in [4.78, 5) is 0. The van der Waals surface area contributed by atoms with Crippen LogP contribution in [0.5, 0.6) is 0 Å². The van der Waals surface area contributed by atoms with E-state index >= 15 is 0 Å². The van der Waals surface area contributed by atoms with Gasteiger partial charge in [-0.3, -0.25) is 0 Å². The molecule has 148 valence electrons. The predicted octanol–water partition coefficient (Wildman–Crippen LogP) is 1.71. The number of anilines is 1. The van der Waals surface area contributed by atoms with Gasteiger partial charge in [-0.05, 0) is 44.4 Å². The molecule has 0 bridgehead atoms. The van der Waals surface area contributed by atoms with Crippen molar-refractivity contribution in [3.8, 4) is 0 Å². The lowest BCUT2D eigenvalue weighted by Gasteiger charge is -2.11. The fourth-order valence-corrected chi connectivity index (χ4v) is 3.59.